The standard InChI is InChI=1S/C13H21NO2/c1-2-3-4-5-10-13(16)14-11-8-6-7-9-12(11)15/h1,11-12,15H,3-10H2,(H,14,16)/t11-,12-/m1/s1. The highest BCUT2D eigenvalue weighted by Crippen LogP contribution is 2.18. The fourth-order valence-electron chi connectivity index (χ4n) is 2.07. The van der Waals surface area contributed by atoms with Crippen molar-refractivity contribution in [1.29, 1.82) is 0 Å². The summed E-state index contributed by atoms with van der Waals surface area (Å²) in [4.78, 5) is 11.5. The van der Waals surface area contributed by atoms with Crippen molar-refractivity contribution in [3.8, 4) is 12.3 Å². The molecule has 0 heterocycles. The van der Waals surface area contributed by atoms with Crippen LogP contribution in [-0.2, 0) is 4.79 Å². The zero-order valence-electron chi connectivity index (χ0n) is 9.74. The molecule has 0 aromatic carbocycles. The molecule has 1 fully saturated rings. The van der Waals surface area contributed by atoms with E-state index in [9.17, 15) is 9.90 Å². The van der Waals surface area contributed by atoms with Crippen molar-refractivity contribution in [2.24, 2.45) is 0 Å². The number of rotatable bonds is 5. The third-order valence-electron chi connectivity index (χ3n) is 3.05. The Morgan fingerprint density at radius 3 is 2.81 bits per heavy atom. The molecular formula is C13H21NO2. The minimum atomic E-state index is -0.358. The van der Waals surface area contributed by atoms with Crippen molar-refractivity contribution >= 4 is 5.91 Å². The number of amides is 1. The van der Waals surface area contributed by atoms with Crippen LogP contribution in [0.15, 0.2) is 0 Å². The lowest BCUT2D eigenvalue weighted by molar-refractivity contribution is -0.123. The highest BCUT2D eigenvalue weighted by atomic mass is 16.3. The van der Waals surface area contributed by atoms with E-state index in [1.54, 1.807) is 0 Å². The van der Waals surface area contributed by atoms with Gasteiger partial charge in [-0.1, -0.05) is 12.8 Å². The minimum absolute atomic E-state index is 0.0334. The van der Waals surface area contributed by atoms with Gasteiger partial charge in [0.2, 0.25) is 5.91 Å². The summed E-state index contributed by atoms with van der Waals surface area (Å²) in [5.41, 5.74) is 0. The van der Waals surface area contributed by atoms with Gasteiger partial charge in [-0.25, -0.2) is 0 Å². The molecule has 16 heavy (non-hydrogen) atoms. The molecule has 1 aliphatic rings. The molecule has 1 rings (SSSR count). The SMILES string of the molecule is C#CCCCCC(=O)N[C@@H]1CCCC[C@H]1O. The van der Waals surface area contributed by atoms with E-state index < -0.39 is 0 Å². The van der Waals surface area contributed by atoms with Crippen LogP contribution in [0.2, 0.25) is 0 Å². The first-order valence-corrected chi connectivity index (χ1v) is 6.15. The van der Waals surface area contributed by atoms with Gasteiger partial charge in [0.05, 0.1) is 12.1 Å². The van der Waals surface area contributed by atoms with Crippen molar-refractivity contribution in [3.05, 3.63) is 0 Å². The summed E-state index contributed by atoms with van der Waals surface area (Å²) < 4.78 is 0. The van der Waals surface area contributed by atoms with E-state index in [4.69, 9.17) is 6.42 Å². The number of terminal acetylenes is 1. The van der Waals surface area contributed by atoms with E-state index in [1.807, 2.05) is 0 Å². The molecule has 0 unspecified atom stereocenters. The maximum atomic E-state index is 11.5. The lowest BCUT2D eigenvalue weighted by Gasteiger charge is -2.28. The third-order valence-corrected chi connectivity index (χ3v) is 3.05. The predicted octanol–water partition coefficient (Wildman–Crippen LogP) is 1.60. The van der Waals surface area contributed by atoms with E-state index in [2.05, 4.69) is 11.2 Å². The highest BCUT2D eigenvalue weighted by molar-refractivity contribution is 5.76. The molecule has 0 aromatic rings. The summed E-state index contributed by atoms with van der Waals surface area (Å²) in [5.74, 6) is 2.60. The summed E-state index contributed by atoms with van der Waals surface area (Å²) >= 11 is 0. The number of unbranched alkanes of at least 4 members (excludes halogenated alkanes) is 2. The van der Waals surface area contributed by atoms with E-state index in [0.717, 1.165) is 44.9 Å². The first-order chi connectivity index (χ1) is 7.74. The van der Waals surface area contributed by atoms with Crippen LogP contribution >= 0.6 is 0 Å². The maximum absolute atomic E-state index is 11.5. The molecule has 0 radical (unpaired) electrons. The van der Waals surface area contributed by atoms with Crippen LogP contribution in [-0.4, -0.2) is 23.2 Å². The van der Waals surface area contributed by atoms with Gasteiger partial charge in [-0.3, -0.25) is 4.79 Å². The molecule has 0 saturated heterocycles. The number of hydrogen-bond acceptors (Lipinski definition) is 2. The van der Waals surface area contributed by atoms with E-state index >= 15 is 0 Å². The molecule has 1 saturated carbocycles. The lowest BCUT2D eigenvalue weighted by Crippen LogP contribution is -2.44. The number of hydrogen-bond donors (Lipinski definition) is 2. The Labute approximate surface area is 97.6 Å². The number of carbonyl (C=O) groups excluding carboxylic acids is 1. The summed E-state index contributed by atoms with van der Waals surface area (Å²) in [6.45, 7) is 0. The van der Waals surface area contributed by atoms with E-state index in [1.165, 1.54) is 0 Å². The van der Waals surface area contributed by atoms with Crippen LogP contribution in [0, 0.1) is 12.3 Å². The van der Waals surface area contributed by atoms with Gasteiger partial charge in [-0.2, -0.15) is 0 Å². The Balaban J connectivity index is 2.15. The van der Waals surface area contributed by atoms with E-state index in [-0.39, 0.29) is 18.1 Å². The minimum Gasteiger partial charge on any atom is -0.391 e. The number of aliphatic hydroxyl groups is 1. The maximum Gasteiger partial charge on any atom is 0.220 e. The highest BCUT2D eigenvalue weighted by Gasteiger charge is 2.23. The first-order valence-electron chi connectivity index (χ1n) is 6.15. The van der Waals surface area contributed by atoms with Crippen LogP contribution in [0.1, 0.15) is 51.4 Å². The van der Waals surface area contributed by atoms with Crippen LogP contribution < -0.4 is 5.32 Å². The molecule has 0 bridgehead atoms. The van der Waals surface area contributed by atoms with Gasteiger partial charge in [-0.15, -0.1) is 12.3 Å². The van der Waals surface area contributed by atoms with Gasteiger partial charge in [0, 0.05) is 12.8 Å². The fraction of sp³-hybridized carbons (Fsp3) is 0.769. The first kappa shape index (κ1) is 13.1. The summed E-state index contributed by atoms with van der Waals surface area (Å²) in [6, 6.07) is -0.0334. The molecule has 0 aliphatic heterocycles. The number of aliphatic hydroxyl groups excluding tert-OH is 1. The van der Waals surface area contributed by atoms with Crippen molar-refractivity contribution in [1.82, 2.24) is 5.32 Å². The van der Waals surface area contributed by atoms with Crippen molar-refractivity contribution in [2.75, 3.05) is 0 Å². The smallest absolute Gasteiger partial charge is 0.220 e. The number of carbonyl (C=O) groups is 1. The Kier molecular flexibility index (Phi) is 5.95. The van der Waals surface area contributed by atoms with Crippen LogP contribution in [0.3, 0.4) is 0 Å². The molecule has 1 aliphatic carbocycles. The second kappa shape index (κ2) is 7.29. The Bertz CT molecular complexity index is 257. The lowest BCUT2D eigenvalue weighted by atomic mass is 9.92. The summed E-state index contributed by atoms with van der Waals surface area (Å²) in [6.07, 6.45) is 11.6. The molecule has 0 spiro atoms. The van der Waals surface area contributed by atoms with Gasteiger partial charge in [-0.05, 0) is 25.7 Å². The molecule has 3 heteroatoms. The molecule has 3 nitrogen and oxygen atoms in total. The van der Waals surface area contributed by atoms with Gasteiger partial charge in [0.15, 0.2) is 0 Å². The zero-order chi connectivity index (χ0) is 11.8. The van der Waals surface area contributed by atoms with Crippen molar-refractivity contribution < 1.29 is 9.90 Å². The van der Waals surface area contributed by atoms with E-state index in [0.29, 0.717) is 6.42 Å². The molecule has 2 N–H and O–H groups in total. The normalized spacial score (nSPS) is 24.8. The molecular weight excluding hydrogens is 202 g/mol. The molecule has 2 atom stereocenters. The van der Waals surface area contributed by atoms with Crippen molar-refractivity contribution in [2.45, 2.75) is 63.5 Å². The Morgan fingerprint density at radius 1 is 1.38 bits per heavy atom. The van der Waals surface area contributed by atoms with Crippen LogP contribution in [0.4, 0.5) is 0 Å². The van der Waals surface area contributed by atoms with Gasteiger partial charge >= 0.3 is 0 Å². The summed E-state index contributed by atoms with van der Waals surface area (Å²) in [7, 11) is 0. The molecule has 90 valence electrons. The Morgan fingerprint density at radius 2 is 2.12 bits per heavy atom. The topological polar surface area (TPSA) is 49.3 Å². The monoisotopic (exact) mass is 223 g/mol. The number of nitrogens with one attached hydrogen (secondary N) is 1. The molecule has 1 amide bonds. The average molecular weight is 223 g/mol. The Hall–Kier alpha value is -1.01. The fourth-order valence-corrected chi connectivity index (χ4v) is 2.07. The van der Waals surface area contributed by atoms with Crippen LogP contribution in [0.5, 0.6) is 0 Å². The van der Waals surface area contributed by atoms with Crippen LogP contribution in [0.25, 0.3) is 0 Å². The molecule has 0 aromatic heterocycles. The quantitative estimate of drug-likeness (QED) is 0.549. The average Bonchev–Trinajstić information content (AvgIpc) is 2.28. The zero-order valence-corrected chi connectivity index (χ0v) is 9.74. The van der Waals surface area contributed by atoms with Gasteiger partial charge in [0.1, 0.15) is 0 Å². The third kappa shape index (κ3) is 4.67. The van der Waals surface area contributed by atoms with Gasteiger partial charge < -0.3 is 10.4 Å². The predicted molar refractivity (Wildman–Crippen MR) is 63.7 cm³/mol. The van der Waals surface area contributed by atoms with Crippen molar-refractivity contribution in [3.63, 3.8) is 0 Å². The second-order valence-electron chi connectivity index (χ2n) is 4.44. The second-order valence-corrected chi connectivity index (χ2v) is 4.44. The largest absolute Gasteiger partial charge is 0.391 e. The summed E-state index contributed by atoms with van der Waals surface area (Å²) in [5, 5.41) is 12.6. The van der Waals surface area contributed by atoms with Gasteiger partial charge in [0.25, 0.3) is 0 Å².